The van der Waals surface area contributed by atoms with Gasteiger partial charge in [-0.05, 0) is 24.1 Å². The van der Waals surface area contributed by atoms with Crippen LogP contribution in [-0.2, 0) is 4.79 Å². The molecule has 5 nitrogen and oxygen atoms in total. The number of piperazine rings is 1. The second kappa shape index (κ2) is 6.72. The number of rotatable bonds is 5. The molecule has 0 spiro atoms. The maximum atomic E-state index is 12.0. The van der Waals surface area contributed by atoms with Crippen molar-refractivity contribution in [2.24, 2.45) is 5.73 Å². The highest BCUT2D eigenvalue weighted by Gasteiger charge is 2.33. The molecule has 1 aromatic rings. The number of methoxy groups -OCH3 is 1. The van der Waals surface area contributed by atoms with Gasteiger partial charge in [-0.1, -0.05) is 19.1 Å². The third-order valence-corrected chi connectivity index (χ3v) is 3.88. The number of carbonyl (C=O) groups is 1. The fourth-order valence-corrected chi connectivity index (χ4v) is 2.81. The number of amides is 1. The monoisotopic (exact) mass is 277 g/mol. The predicted octanol–water partition coefficient (Wildman–Crippen LogP) is 0.905. The molecule has 0 bridgehead atoms. The van der Waals surface area contributed by atoms with Crippen LogP contribution in [-0.4, -0.2) is 43.6 Å². The van der Waals surface area contributed by atoms with Gasteiger partial charge in [0, 0.05) is 25.7 Å². The number of carbonyl (C=O) groups excluding carboxylic acids is 1. The van der Waals surface area contributed by atoms with Gasteiger partial charge in [-0.3, -0.25) is 9.69 Å². The summed E-state index contributed by atoms with van der Waals surface area (Å²) >= 11 is 0. The number of nitrogens with one attached hydrogen (secondary N) is 1. The minimum Gasteiger partial charge on any atom is -0.497 e. The molecule has 1 aliphatic heterocycles. The number of benzene rings is 1. The first-order valence-electron chi connectivity index (χ1n) is 7.08. The van der Waals surface area contributed by atoms with Gasteiger partial charge in [0.2, 0.25) is 5.91 Å². The van der Waals surface area contributed by atoms with Gasteiger partial charge in [-0.2, -0.15) is 0 Å². The average Bonchev–Trinajstić information content (AvgIpc) is 2.49. The number of ether oxygens (including phenoxy) is 1. The molecule has 1 fully saturated rings. The van der Waals surface area contributed by atoms with Crippen LogP contribution in [0.15, 0.2) is 24.3 Å². The Bertz CT molecular complexity index is 447. The highest BCUT2D eigenvalue weighted by atomic mass is 16.5. The minimum absolute atomic E-state index is 0.0666. The number of nitrogens with two attached hydrogens (primary N) is 1. The molecule has 2 rings (SSSR count). The molecular formula is C15H23N3O2. The largest absolute Gasteiger partial charge is 0.497 e. The maximum Gasteiger partial charge on any atom is 0.237 e. The van der Waals surface area contributed by atoms with Gasteiger partial charge < -0.3 is 15.8 Å². The predicted molar refractivity (Wildman–Crippen MR) is 78.6 cm³/mol. The van der Waals surface area contributed by atoms with Crippen LogP contribution in [0.5, 0.6) is 5.75 Å². The summed E-state index contributed by atoms with van der Waals surface area (Å²) in [5.41, 5.74) is 7.09. The van der Waals surface area contributed by atoms with Crippen LogP contribution in [0.3, 0.4) is 0 Å². The fourth-order valence-electron chi connectivity index (χ4n) is 2.81. The van der Waals surface area contributed by atoms with Crippen LogP contribution in [0.25, 0.3) is 0 Å². The lowest BCUT2D eigenvalue weighted by Gasteiger charge is -2.40. The van der Waals surface area contributed by atoms with Crippen molar-refractivity contribution in [1.82, 2.24) is 10.2 Å². The van der Waals surface area contributed by atoms with Crippen molar-refractivity contribution in [1.29, 1.82) is 0 Å². The average molecular weight is 277 g/mol. The quantitative estimate of drug-likeness (QED) is 0.839. The van der Waals surface area contributed by atoms with E-state index in [9.17, 15) is 4.79 Å². The molecule has 2 unspecified atom stereocenters. The maximum absolute atomic E-state index is 12.0. The van der Waals surface area contributed by atoms with Gasteiger partial charge in [0.25, 0.3) is 0 Å². The standard InChI is InChI=1S/C15H23N3O2/c1-3-13-15(19)17-8-9-18(13)14(10-16)11-4-6-12(20-2)7-5-11/h4-7,13-14H,3,8-10,16H2,1-2H3,(H,17,19). The van der Waals surface area contributed by atoms with Crippen LogP contribution < -0.4 is 15.8 Å². The normalized spacial score (nSPS) is 21.4. The molecule has 1 amide bonds. The van der Waals surface area contributed by atoms with E-state index in [4.69, 9.17) is 10.5 Å². The van der Waals surface area contributed by atoms with Gasteiger partial charge in [-0.15, -0.1) is 0 Å². The zero-order chi connectivity index (χ0) is 14.5. The molecule has 1 aromatic carbocycles. The minimum atomic E-state index is -0.0978. The SMILES string of the molecule is CCC1C(=O)NCCN1C(CN)c1ccc(OC)cc1. The van der Waals surface area contributed by atoms with E-state index >= 15 is 0 Å². The van der Waals surface area contributed by atoms with E-state index in [0.29, 0.717) is 13.1 Å². The first-order valence-corrected chi connectivity index (χ1v) is 7.08. The van der Waals surface area contributed by atoms with E-state index in [1.165, 1.54) is 0 Å². The lowest BCUT2D eigenvalue weighted by molar-refractivity contribution is -0.130. The molecule has 0 aromatic heterocycles. The van der Waals surface area contributed by atoms with Crippen LogP contribution in [0.2, 0.25) is 0 Å². The molecule has 20 heavy (non-hydrogen) atoms. The van der Waals surface area contributed by atoms with Gasteiger partial charge in [0.05, 0.1) is 13.2 Å². The Kier molecular flexibility index (Phi) is 4.98. The van der Waals surface area contributed by atoms with Crippen LogP contribution >= 0.6 is 0 Å². The molecule has 5 heteroatoms. The van der Waals surface area contributed by atoms with E-state index in [1.807, 2.05) is 31.2 Å². The number of hydrogen-bond donors (Lipinski definition) is 2. The van der Waals surface area contributed by atoms with Gasteiger partial charge in [0.1, 0.15) is 5.75 Å². The molecule has 1 aliphatic rings. The zero-order valence-electron chi connectivity index (χ0n) is 12.1. The molecule has 0 aliphatic carbocycles. The summed E-state index contributed by atoms with van der Waals surface area (Å²) in [7, 11) is 1.65. The summed E-state index contributed by atoms with van der Waals surface area (Å²) in [5, 5.41) is 2.92. The zero-order valence-corrected chi connectivity index (χ0v) is 12.1. The van der Waals surface area contributed by atoms with Crippen molar-refractivity contribution in [2.75, 3.05) is 26.7 Å². The van der Waals surface area contributed by atoms with E-state index in [0.717, 1.165) is 24.3 Å². The first kappa shape index (κ1) is 14.8. The van der Waals surface area contributed by atoms with Gasteiger partial charge >= 0.3 is 0 Å². The second-order valence-electron chi connectivity index (χ2n) is 4.98. The summed E-state index contributed by atoms with van der Waals surface area (Å²) < 4.78 is 5.18. The fraction of sp³-hybridized carbons (Fsp3) is 0.533. The lowest BCUT2D eigenvalue weighted by Crippen LogP contribution is -2.56. The Morgan fingerprint density at radius 2 is 2.15 bits per heavy atom. The van der Waals surface area contributed by atoms with Crippen molar-refractivity contribution in [3.05, 3.63) is 29.8 Å². The van der Waals surface area contributed by atoms with E-state index in [2.05, 4.69) is 10.2 Å². The molecule has 0 saturated carbocycles. The molecule has 2 atom stereocenters. The van der Waals surface area contributed by atoms with Crippen LogP contribution in [0, 0.1) is 0 Å². The summed E-state index contributed by atoms with van der Waals surface area (Å²) in [5.74, 6) is 0.929. The smallest absolute Gasteiger partial charge is 0.237 e. The Morgan fingerprint density at radius 3 is 2.70 bits per heavy atom. The Morgan fingerprint density at radius 1 is 1.45 bits per heavy atom. The number of nitrogens with zero attached hydrogens (tertiary/aromatic N) is 1. The van der Waals surface area contributed by atoms with Crippen molar-refractivity contribution in [2.45, 2.75) is 25.4 Å². The van der Waals surface area contributed by atoms with E-state index < -0.39 is 0 Å². The topological polar surface area (TPSA) is 67.6 Å². The van der Waals surface area contributed by atoms with Crippen molar-refractivity contribution < 1.29 is 9.53 Å². The Balaban J connectivity index is 2.23. The Hall–Kier alpha value is -1.59. The third kappa shape index (κ3) is 2.94. The van der Waals surface area contributed by atoms with Crippen LogP contribution in [0.4, 0.5) is 0 Å². The highest BCUT2D eigenvalue weighted by Crippen LogP contribution is 2.26. The summed E-state index contributed by atoms with van der Waals surface area (Å²) in [6.07, 6.45) is 0.790. The lowest BCUT2D eigenvalue weighted by atomic mass is 10.00. The summed E-state index contributed by atoms with van der Waals surface area (Å²) in [4.78, 5) is 14.2. The van der Waals surface area contributed by atoms with Gasteiger partial charge in [0.15, 0.2) is 0 Å². The first-order chi connectivity index (χ1) is 9.71. The third-order valence-electron chi connectivity index (χ3n) is 3.88. The molecular weight excluding hydrogens is 254 g/mol. The summed E-state index contributed by atoms with van der Waals surface area (Å²) in [6.45, 7) is 4.04. The highest BCUT2D eigenvalue weighted by molar-refractivity contribution is 5.82. The van der Waals surface area contributed by atoms with Gasteiger partial charge in [-0.25, -0.2) is 0 Å². The van der Waals surface area contributed by atoms with Crippen LogP contribution in [0.1, 0.15) is 24.9 Å². The molecule has 0 radical (unpaired) electrons. The summed E-state index contributed by atoms with van der Waals surface area (Å²) in [6, 6.07) is 7.88. The Labute approximate surface area is 120 Å². The van der Waals surface area contributed by atoms with E-state index in [-0.39, 0.29) is 18.0 Å². The molecule has 1 heterocycles. The molecule has 110 valence electrons. The second-order valence-corrected chi connectivity index (χ2v) is 4.98. The molecule has 1 saturated heterocycles. The van der Waals surface area contributed by atoms with E-state index in [1.54, 1.807) is 7.11 Å². The molecule has 3 N–H and O–H groups in total. The van der Waals surface area contributed by atoms with Crippen molar-refractivity contribution in [3.63, 3.8) is 0 Å². The van der Waals surface area contributed by atoms with Crippen molar-refractivity contribution >= 4 is 5.91 Å². The van der Waals surface area contributed by atoms with Crippen molar-refractivity contribution in [3.8, 4) is 5.75 Å². The number of hydrogen-bond acceptors (Lipinski definition) is 4.